The Bertz CT molecular complexity index is 448. The number of aliphatic hydroxyl groups is 1. The van der Waals surface area contributed by atoms with Crippen LogP contribution in [-0.4, -0.2) is 26.9 Å². The SMILES string of the molecule is OC(CBr)Nc1nnc(-c2ccccc2)s1. The molecule has 84 valence electrons. The van der Waals surface area contributed by atoms with Gasteiger partial charge in [0.1, 0.15) is 11.2 Å². The van der Waals surface area contributed by atoms with Crippen molar-refractivity contribution in [2.75, 3.05) is 10.6 Å². The first-order valence-electron chi connectivity index (χ1n) is 4.69. The molecule has 0 saturated carbocycles. The summed E-state index contributed by atoms with van der Waals surface area (Å²) in [6, 6.07) is 9.82. The van der Waals surface area contributed by atoms with Gasteiger partial charge in [-0.3, -0.25) is 0 Å². The van der Waals surface area contributed by atoms with Gasteiger partial charge in [-0.1, -0.05) is 57.6 Å². The molecule has 2 N–H and O–H groups in total. The summed E-state index contributed by atoms with van der Waals surface area (Å²) in [5.41, 5.74) is 1.03. The summed E-state index contributed by atoms with van der Waals surface area (Å²) in [7, 11) is 0. The minimum atomic E-state index is -0.642. The van der Waals surface area contributed by atoms with Gasteiger partial charge in [0, 0.05) is 10.9 Å². The van der Waals surface area contributed by atoms with Crippen LogP contribution < -0.4 is 5.32 Å². The highest BCUT2D eigenvalue weighted by atomic mass is 79.9. The smallest absolute Gasteiger partial charge is 0.208 e. The minimum Gasteiger partial charge on any atom is -0.373 e. The molecule has 6 heteroatoms. The first kappa shape index (κ1) is 11.5. The van der Waals surface area contributed by atoms with Crippen LogP contribution in [0.5, 0.6) is 0 Å². The lowest BCUT2D eigenvalue weighted by Crippen LogP contribution is -2.19. The highest BCUT2D eigenvalue weighted by Gasteiger charge is 2.08. The molecule has 1 atom stereocenters. The lowest BCUT2D eigenvalue weighted by molar-refractivity contribution is 0.230. The number of anilines is 1. The van der Waals surface area contributed by atoms with E-state index in [4.69, 9.17) is 0 Å². The first-order chi connectivity index (χ1) is 7.79. The molecule has 1 unspecified atom stereocenters. The quantitative estimate of drug-likeness (QED) is 0.672. The summed E-state index contributed by atoms with van der Waals surface area (Å²) in [5.74, 6) is 0. The van der Waals surface area contributed by atoms with Crippen molar-refractivity contribution < 1.29 is 5.11 Å². The van der Waals surface area contributed by atoms with E-state index >= 15 is 0 Å². The number of nitrogens with one attached hydrogen (secondary N) is 1. The third-order valence-corrected chi connectivity index (χ3v) is 3.40. The third kappa shape index (κ3) is 2.78. The van der Waals surface area contributed by atoms with Gasteiger partial charge in [-0.15, -0.1) is 10.2 Å². The van der Waals surface area contributed by atoms with Gasteiger partial charge in [0.05, 0.1) is 0 Å². The van der Waals surface area contributed by atoms with E-state index in [1.807, 2.05) is 30.3 Å². The van der Waals surface area contributed by atoms with Crippen molar-refractivity contribution in [1.82, 2.24) is 10.2 Å². The second-order valence-electron chi connectivity index (χ2n) is 3.09. The fraction of sp³-hybridized carbons (Fsp3) is 0.200. The van der Waals surface area contributed by atoms with Crippen LogP contribution in [0.2, 0.25) is 0 Å². The van der Waals surface area contributed by atoms with Crippen LogP contribution in [0.25, 0.3) is 10.6 Å². The Kier molecular flexibility index (Phi) is 3.87. The molecule has 0 radical (unpaired) electrons. The van der Waals surface area contributed by atoms with E-state index in [0.29, 0.717) is 10.5 Å². The van der Waals surface area contributed by atoms with Gasteiger partial charge in [-0.05, 0) is 0 Å². The molecule has 0 spiro atoms. The van der Waals surface area contributed by atoms with Crippen LogP contribution in [0.15, 0.2) is 30.3 Å². The van der Waals surface area contributed by atoms with E-state index in [-0.39, 0.29) is 0 Å². The molecular formula is C10H10BrN3OS. The molecule has 1 aromatic carbocycles. The van der Waals surface area contributed by atoms with Gasteiger partial charge in [-0.25, -0.2) is 0 Å². The molecule has 16 heavy (non-hydrogen) atoms. The van der Waals surface area contributed by atoms with Crippen molar-refractivity contribution in [2.45, 2.75) is 6.23 Å². The van der Waals surface area contributed by atoms with Crippen LogP contribution in [0.1, 0.15) is 0 Å². The zero-order chi connectivity index (χ0) is 11.4. The maximum absolute atomic E-state index is 9.37. The summed E-state index contributed by atoms with van der Waals surface area (Å²) >= 11 is 4.58. The van der Waals surface area contributed by atoms with Crippen molar-refractivity contribution >= 4 is 32.4 Å². The Morgan fingerprint density at radius 3 is 2.75 bits per heavy atom. The predicted molar refractivity (Wildman–Crippen MR) is 68.8 cm³/mol. The molecule has 1 aromatic heterocycles. The van der Waals surface area contributed by atoms with Gasteiger partial charge in [0.25, 0.3) is 0 Å². The molecule has 2 aromatic rings. The van der Waals surface area contributed by atoms with Crippen molar-refractivity contribution in [3.8, 4) is 10.6 Å². The van der Waals surface area contributed by atoms with E-state index in [1.165, 1.54) is 11.3 Å². The molecule has 2 rings (SSSR count). The van der Waals surface area contributed by atoms with E-state index in [2.05, 4.69) is 31.4 Å². The fourth-order valence-corrected chi connectivity index (χ4v) is 2.12. The number of aromatic nitrogens is 2. The van der Waals surface area contributed by atoms with E-state index in [1.54, 1.807) is 0 Å². The number of halogens is 1. The standard InChI is InChI=1S/C10H10BrN3OS/c11-6-8(15)12-10-14-13-9(16-10)7-4-2-1-3-5-7/h1-5,8,15H,6H2,(H,12,14). The lowest BCUT2D eigenvalue weighted by atomic mass is 10.2. The molecular weight excluding hydrogens is 290 g/mol. The van der Waals surface area contributed by atoms with Crippen LogP contribution >= 0.6 is 27.3 Å². The van der Waals surface area contributed by atoms with Crippen molar-refractivity contribution in [1.29, 1.82) is 0 Å². The highest BCUT2D eigenvalue weighted by Crippen LogP contribution is 2.26. The molecule has 0 aliphatic carbocycles. The van der Waals surface area contributed by atoms with Gasteiger partial charge in [-0.2, -0.15) is 0 Å². The molecule has 0 aliphatic rings. The van der Waals surface area contributed by atoms with E-state index in [0.717, 1.165) is 10.6 Å². The number of benzene rings is 1. The van der Waals surface area contributed by atoms with Crippen LogP contribution in [0.4, 0.5) is 5.13 Å². The first-order valence-corrected chi connectivity index (χ1v) is 6.63. The zero-order valence-corrected chi connectivity index (χ0v) is 10.7. The van der Waals surface area contributed by atoms with Crippen molar-refractivity contribution in [3.05, 3.63) is 30.3 Å². The fourth-order valence-electron chi connectivity index (χ4n) is 1.16. The summed E-state index contributed by atoms with van der Waals surface area (Å²) in [4.78, 5) is 0. The molecule has 0 saturated heterocycles. The number of rotatable bonds is 4. The number of aliphatic hydroxyl groups excluding tert-OH is 1. The highest BCUT2D eigenvalue weighted by molar-refractivity contribution is 9.09. The molecule has 0 amide bonds. The van der Waals surface area contributed by atoms with Crippen molar-refractivity contribution in [3.63, 3.8) is 0 Å². The average molecular weight is 300 g/mol. The molecule has 0 bridgehead atoms. The predicted octanol–water partition coefficient (Wildman–Crippen LogP) is 2.33. The lowest BCUT2D eigenvalue weighted by Gasteiger charge is -2.05. The molecule has 4 nitrogen and oxygen atoms in total. The monoisotopic (exact) mass is 299 g/mol. The van der Waals surface area contributed by atoms with Gasteiger partial charge in [0.2, 0.25) is 5.13 Å². The van der Waals surface area contributed by atoms with Crippen molar-refractivity contribution in [2.24, 2.45) is 0 Å². The summed E-state index contributed by atoms with van der Waals surface area (Å²) in [6.07, 6.45) is -0.642. The minimum absolute atomic E-state index is 0.452. The van der Waals surface area contributed by atoms with Crippen LogP contribution in [0, 0.1) is 0 Å². The summed E-state index contributed by atoms with van der Waals surface area (Å²) in [6.45, 7) is 0. The summed E-state index contributed by atoms with van der Waals surface area (Å²) in [5, 5.41) is 22.1. The number of hydrogen-bond donors (Lipinski definition) is 2. The maximum atomic E-state index is 9.37. The Labute approximate surface area is 105 Å². The number of alkyl halides is 1. The second-order valence-corrected chi connectivity index (χ2v) is 4.72. The summed E-state index contributed by atoms with van der Waals surface area (Å²) < 4.78 is 0. The molecule has 0 aliphatic heterocycles. The Hall–Kier alpha value is -0.980. The zero-order valence-electron chi connectivity index (χ0n) is 8.30. The Balaban J connectivity index is 2.14. The Morgan fingerprint density at radius 1 is 1.31 bits per heavy atom. The number of hydrogen-bond acceptors (Lipinski definition) is 5. The van der Waals surface area contributed by atoms with E-state index in [9.17, 15) is 5.11 Å². The third-order valence-electron chi connectivity index (χ3n) is 1.88. The van der Waals surface area contributed by atoms with Crippen LogP contribution in [-0.2, 0) is 0 Å². The average Bonchev–Trinajstić information content (AvgIpc) is 2.78. The largest absolute Gasteiger partial charge is 0.373 e. The molecule has 1 heterocycles. The van der Waals surface area contributed by atoms with Gasteiger partial charge < -0.3 is 10.4 Å². The normalized spacial score (nSPS) is 12.4. The number of nitrogens with zero attached hydrogens (tertiary/aromatic N) is 2. The topological polar surface area (TPSA) is 58.0 Å². The van der Waals surface area contributed by atoms with Crippen LogP contribution in [0.3, 0.4) is 0 Å². The Morgan fingerprint density at radius 2 is 2.06 bits per heavy atom. The van der Waals surface area contributed by atoms with E-state index < -0.39 is 6.23 Å². The second kappa shape index (κ2) is 5.38. The van der Waals surface area contributed by atoms with Gasteiger partial charge in [0.15, 0.2) is 0 Å². The van der Waals surface area contributed by atoms with Gasteiger partial charge >= 0.3 is 0 Å². The molecule has 0 fully saturated rings. The maximum Gasteiger partial charge on any atom is 0.208 e.